The molecule has 0 radical (unpaired) electrons. The zero-order chi connectivity index (χ0) is 13.2. The van der Waals surface area contributed by atoms with E-state index in [0.29, 0.717) is 0 Å². The Labute approximate surface area is 128 Å². The molecule has 0 amide bonds. The Morgan fingerprint density at radius 2 is 1.32 bits per heavy atom. The number of rotatable bonds is 2. The summed E-state index contributed by atoms with van der Waals surface area (Å²) in [7, 11) is 0. The molecule has 3 rings (SSSR count). The van der Waals surface area contributed by atoms with Gasteiger partial charge in [0.05, 0.1) is 17.6 Å². The largest absolute Gasteiger partial charge is 0.233 e. The highest BCUT2D eigenvalue weighted by Gasteiger charge is 2.07. The van der Waals surface area contributed by atoms with E-state index in [2.05, 4.69) is 49.1 Å². The SMILES string of the molecule is Brc1ccc(-c2ccnn2-c2ccc(Br)cc2)cc1. The second kappa shape index (κ2) is 5.31. The van der Waals surface area contributed by atoms with Gasteiger partial charge in [-0.15, -0.1) is 0 Å². The van der Waals surface area contributed by atoms with Gasteiger partial charge in [0, 0.05) is 14.5 Å². The van der Waals surface area contributed by atoms with Crippen molar-refractivity contribution in [2.24, 2.45) is 0 Å². The molecule has 0 saturated carbocycles. The zero-order valence-corrected chi connectivity index (χ0v) is 13.1. The topological polar surface area (TPSA) is 17.8 Å². The molecule has 1 aromatic heterocycles. The minimum atomic E-state index is 1.05. The number of hydrogen-bond acceptors (Lipinski definition) is 1. The van der Waals surface area contributed by atoms with Gasteiger partial charge >= 0.3 is 0 Å². The standard InChI is InChI=1S/C15H10Br2N2/c16-12-3-1-11(2-4-12)15-9-10-18-19(15)14-7-5-13(17)6-8-14/h1-10H. The maximum Gasteiger partial charge on any atom is 0.0740 e. The maximum atomic E-state index is 4.40. The first-order valence-electron chi connectivity index (χ1n) is 5.80. The predicted molar refractivity (Wildman–Crippen MR) is 84.4 cm³/mol. The molecular formula is C15H10Br2N2. The minimum Gasteiger partial charge on any atom is -0.233 e. The van der Waals surface area contributed by atoms with E-state index in [4.69, 9.17) is 0 Å². The Morgan fingerprint density at radius 1 is 0.737 bits per heavy atom. The van der Waals surface area contributed by atoms with Gasteiger partial charge in [-0.1, -0.05) is 44.0 Å². The van der Waals surface area contributed by atoms with Gasteiger partial charge in [-0.05, 0) is 42.5 Å². The van der Waals surface area contributed by atoms with Crippen molar-refractivity contribution in [1.29, 1.82) is 0 Å². The summed E-state index contributed by atoms with van der Waals surface area (Å²) in [5, 5.41) is 4.40. The van der Waals surface area contributed by atoms with Crippen LogP contribution in [0.3, 0.4) is 0 Å². The Bertz CT molecular complexity index is 625. The van der Waals surface area contributed by atoms with Gasteiger partial charge in [-0.25, -0.2) is 4.68 Å². The monoisotopic (exact) mass is 376 g/mol. The second-order valence-corrected chi connectivity index (χ2v) is 5.94. The highest BCUT2D eigenvalue weighted by Crippen LogP contribution is 2.24. The Kier molecular flexibility index (Phi) is 3.53. The van der Waals surface area contributed by atoms with Crippen molar-refractivity contribution in [2.45, 2.75) is 0 Å². The third-order valence-corrected chi connectivity index (χ3v) is 3.91. The number of halogens is 2. The molecule has 0 aliphatic carbocycles. The van der Waals surface area contributed by atoms with Crippen LogP contribution in [0.5, 0.6) is 0 Å². The molecular weight excluding hydrogens is 368 g/mol. The van der Waals surface area contributed by atoms with Gasteiger partial charge < -0.3 is 0 Å². The predicted octanol–water partition coefficient (Wildman–Crippen LogP) is 5.06. The lowest BCUT2D eigenvalue weighted by atomic mass is 10.1. The molecule has 0 fully saturated rings. The lowest BCUT2D eigenvalue weighted by Crippen LogP contribution is -1.98. The Balaban J connectivity index is 2.07. The molecule has 0 aliphatic heterocycles. The first-order valence-corrected chi connectivity index (χ1v) is 7.38. The summed E-state index contributed by atoms with van der Waals surface area (Å²) in [5.41, 5.74) is 3.27. The molecule has 0 atom stereocenters. The third-order valence-electron chi connectivity index (χ3n) is 2.85. The first-order chi connectivity index (χ1) is 9.24. The Morgan fingerprint density at radius 3 is 1.95 bits per heavy atom. The molecule has 0 bridgehead atoms. The number of hydrogen-bond donors (Lipinski definition) is 0. The van der Waals surface area contributed by atoms with Crippen LogP contribution >= 0.6 is 31.9 Å². The van der Waals surface area contributed by atoms with Crippen LogP contribution in [0, 0.1) is 0 Å². The van der Waals surface area contributed by atoms with Gasteiger partial charge in [0.15, 0.2) is 0 Å². The van der Waals surface area contributed by atoms with E-state index in [9.17, 15) is 0 Å². The lowest BCUT2D eigenvalue weighted by Gasteiger charge is -2.08. The summed E-state index contributed by atoms with van der Waals surface area (Å²) in [6.45, 7) is 0. The zero-order valence-electron chi connectivity index (χ0n) is 9.92. The molecule has 0 aliphatic rings. The normalized spacial score (nSPS) is 10.6. The van der Waals surface area contributed by atoms with Crippen molar-refractivity contribution in [2.75, 3.05) is 0 Å². The molecule has 94 valence electrons. The lowest BCUT2D eigenvalue weighted by molar-refractivity contribution is 0.888. The fourth-order valence-corrected chi connectivity index (χ4v) is 2.46. The van der Waals surface area contributed by atoms with Gasteiger partial charge in [0.2, 0.25) is 0 Å². The molecule has 3 aromatic rings. The van der Waals surface area contributed by atoms with Gasteiger partial charge in [0.1, 0.15) is 0 Å². The molecule has 19 heavy (non-hydrogen) atoms. The van der Waals surface area contributed by atoms with Crippen LogP contribution < -0.4 is 0 Å². The summed E-state index contributed by atoms with van der Waals surface area (Å²) in [5.74, 6) is 0. The average Bonchev–Trinajstić information content (AvgIpc) is 2.90. The Hall–Kier alpha value is -1.39. The smallest absolute Gasteiger partial charge is 0.0740 e. The van der Waals surface area contributed by atoms with Crippen molar-refractivity contribution in [3.05, 3.63) is 69.7 Å². The van der Waals surface area contributed by atoms with Gasteiger partial charge in [0.25, 0.3) is 0 Å². The van der Waals surface area contributed by atoms with Crippen LogP contribution in [0.4, 0.5) is 0 Å². The van der Waals surface area contributed by atoms with E-state index in [1.54, 1.807) is 0 Å². The van der Waals surface area contributed by atoms with Crippen molar-refractivity contribution in [1.82, 2.24) is 9.78 Å². The van der Waals surface area contributed by atoms with Crippen LogP contribution in [-0.2, 0) is 0 Å². The second-order valence-electron chi connectivity index (χ2n) is 4.11. The van der Waals surface area contributed by atoms with Crippen LogP contribution in [0.25, 0.3) is 16.9 Å². The molecule has 0 saturated heterocycles. The highest BCUT2D eigenvalue weighted by atomic mass is 79.9. The number of aromatic nitrogens is 2. The number of benzene rings is 2. The molecule has 0 unspecified atom stereocenters. The average molecular weight is 378 g/mol. The van der Waals surface area contributed by atoms with E-state index in [-0.39, 0.29) is 0 Å². The van der Waals surface area contributed by atoms with Crippen LogP contribution in [0.1, 0.15) is 0 Å². The van der Waals surface area contributed by atoms with Crippen molar-refractivity contribution >= 4 is 31.9 Å². The van der Waals surface area contributed by atoms with Crippen LogP contribution in [-0.4, -0.2) is 9.78 Å². The molecule has 0 N–H and O–H groups in total. The molecule has 2 nitrogen and oxygen atoms in total. The summed E-state index contributed by atoms with van der Waals surface area (Å²) < 4.78 is 4.08. The quantitative estimate of drug-likeness (QED) is 0.610. The molecule has 4 heteroatoms. The fraction of sp³-hybridized carbons (Fsp3) is 0. The first kappa shape index (κ1) is 12.6. The third kappa shape index (κ3) is 2.65. The minimum absolute atomic E-state index is 1.05. The highest BCUT2D eigenvalue weighted by molar-refractivity contribution is 9.10. The summed E-state index contributed by atoms with van der Waals surface area (Å²) in [6, 6.07) is 18.4. The molecule has 1 heterocycles. The van der Waals surface area contributed by atoms with E-state index in [1.807, 2.05) is 53.3 Å². The summed E-state index contributed by atoms with van der Waals surface area (Å²) in [6.07, 6.45) is 1.82. The van der Waals surface area contributed by atoms with E-state index >= 15 is 0 Å². The van der Waals surface area contributed by atoms with E-state index < -0.39 is 0 Å². The summed E-state index contributed by atoms with van der Waals surface area (Å²) in [4.78, 5) is 0. The number of nitrogens with zero attached hydrogens (tertiary/aromatic N) is 2. The van der Waals surface area contributed by atoms with Gasteiger partial charge in [-0.2, -0.15) is 5.10 Å². The molecule has 0 spiro atoms. The van der Waals surface area contributed by atoms with Crippen LogP contribution in [0.15, 0.2) is 69.7 Å². The molecule has 2 aromatic carbocycles. The van der Waals surface area contributed by atoms with Gasteiger partial charge in [-0.3, -0.25) is 0 Å². The fourth-order valence-electron chi connectivity index (χ4n) is 1.93. The van der Waals surface area contributed by atoms with Crippen molar-refractivity contribution in [3.63, 3.8) is 0 Å². The summed E-state index contributed by atoms with van der Waals surface area (Å²) >= 11 is 6.90. The maximum absolute atomic E-state index is 4.40. The van der Waals surface area contributed by atoms with Crippen molar-refractivity contribution in [3.8, 4) is 16.9 Å². The van der Waals surface area contributed by atoms with E-state index in [0.717, 1.165) is 25.9 Å². The van der Waals surface area contributed by atoms with Crippen molar-refractivity contribution < 1.29 is 0 Å². The van der Waals surface area contributed by atoms with Crippen LogP contribution in [0.2, 0.25) is 0 Å². The van der Waals surface area contributed by atoms with E-state index in [1.165, 1.54) is 0 Å².